The number of aromatic nitrogens is 3. The number of aryl methyl sites for hydroxylation is 1. The predicted molar refractivity (Wildman–Crippen MR) is 146 cm³/mol. The average molecular weight is 530 g/mol. The molecule has 40 heavy (non-hydrogen) atoms. The van der Waals surface area contributed by atoms with Crippen LogP contribution in [0.3, 0.4) is 0 Å². The second kappa shape index (κ2) is 9.37. The topological polar surface area (TPSA) is 78.3 Å². The van der Waals surface area contributed by atoms with E-state index in [9.17, 15) is 18.4 Å². The lowest BCUT2D eigenvalue weighted by Crippen LogP contribution is -2.05. The van der Waals surface area contributed by atoms with E-state index in [2.05, 4.69) is 16.0 Å². The second-order valence-corrected chi connectivity index (χ2v) is 9.36. The molecule has 0 aliphatic rings. The summed E-state index contributed by atoms with van der Waals surface area (Å²) >= 11 is 0. The summed E-state index contributed by atoms with van der Waals surface area (Å²) < 4.78 is 41.7. The molecule has 6 aromatic rings. The number of hydrogen-bond acceptors (Lipinski definition) is 4. The first-order chi connectivity index (χ1) is 19.3. The zero-order valence-electron chi connectivity index (χ0n) is 21.0. The van der Waals surface area contributed by atoms with Crippen molar-refractivity contribution in [3.63, 3.8) is 0 Å². The summed E-state index contributed by atoms with van der Waals surface area (Å²) in [4.78, 5) is 8.48. The van der Waals surface area contributed by atoms with Crippen LogP contribution in [0.4, 0.5) is 13.2 Å². The van der Waals surface area contributed by atoms with Crippen molar-refractivity contribution >= 4 is 21.8 Å². The molecule has 0 aliphatic heterocycles. The van der Waals surface area contributed by atoms with Crippen molar-refractivity contribution in [2.75, 3.05) is 0 Å². The molecule has 0 saturated heterocycles. The van der Waals surface area contributed by atoms with E-state index in [4.69, 9.17) is 5.26 Å². The van der Waals surface area contributed by atoms with Crippen molar-refractivity contribution in [3.05, 3.63) is 114 Å². The average Bonchev–Trinajstić information content (AvgIpc) is 3.30. The normalized spacial score (nSPS) is 11.4. The first kappa shape index (κ1) is 24.8. The molecule has 0 unspecified atom stereocenters. The van der Waals surface area contributed by atoms with Gasteiger partial charge in [-0.1, -0.05) is 30.3 Å². The highest BCUT2D eigenvalue weighted by Gasteiger charge is 2.30. The van der Waals surface area contributed by atoms with Crippen LogP contribution in [-0.2, 0) is 6.18 Å². The van der Waals surface area contributed by atoms with Crippen LogP contribution >= 0.6 is 0 Å². The molecule has 0 fully saturated rings. The van der Waals surface area contributed by atoms with Crippen LogP contribution < -0.4 is 0 Å². The molecule has 0 saturated carbocycles. The minimum absolute atomic E-state index is 0.344. The third-order valence-electron chi connectivity index (χ3n) is 6.93. The molecule has 4 aromatic carbocycles. The Morgan fingerprint density at radius 3 is 2.17 bits per heavy atom. The maximum atomic E-state index is 13.2. The molecular weight excluding hydrogens is 511 g/mol. The fourth-order valence-corrected chi connectivity index (χ4v) is 5.06. The predicted octanol–water partition coefficient (Wildman–Crippen LogP) is 7.98. The summed E-state index contributed by atoms with van der Waals surface area (Å²) in [5, 5.41) is 21.0. The van der Waals surface area contributed by atoms with Crippen LogP contribution in [0, 0.1) is 29.6 Å². The summed E-state index contributed by atoms with van der Waals surface area (Å²) in [6, 6.07) is 27.1. The Labute approximate surface area is 227 Å². The Kier molecular flexibility index (Phi) is 5.82. The Morgan fingerprint density at radius 1 is 0.750 bits per heavy atom. The van der Waals surface area contributed by atoms with Gasteiger partial charge in [-0.3, -0.25) is 0 Å². The van der Waals surface area contributed by atoms with Crippen molar-refractivity contribution in [3.8, 4) is 40.3 Å². The number of benzene rings is 4. The molecule has 0 radical (unpaired) electrons. The van der Waals surface area contributed by atoms with Gasteiger partial charge in [0.1, 0.15) is 12.1 Å². The first-order valence-corrected chi connectivity index (χ1v) is 12.3. The zero-order chi connectivity index (χ0) is 28.0. The van der Waals surface area contributed by atoms with Gasteiger partial charge in [0.2, 0.25) is 0 Å². The fourth-order valence-electron chi connectivity index (χ4n) is 5.06. The number of alkyl halides is 3. The van der Waals surface area contributed by atoms with Crippen molar-refractivity contribution < 1.29 is 13.2 Å². The van der Waals surface area contributed by atoms with Crippen molar-refractivity contribution in [2.45, 2.75) is 13.1 Å². The van der Waals surface area contributed by atoms with E-state index in [-0.39, 0.29) is 0 Å². The number of rotatable bonds is 3. The minimum Gasteiger partial charge on any atom is -0.308 e. The van der Waals surface area contributed by atoms with Gasteiger partial charge >= 0.3 is 6.18 Å². The molecule has 2 heterocycles. The zero-order valence-corrected chi connectivity index (χ0v) is 21.0. The van der Waals surface area contributed by atoms with Gasteiger partial charge in [-0.15, -0.1) is 0 Å². The highest BCUT2D eigenvalue weighted by atomic mass is 19.4. The lowest BCUT2D eigenvalue weighted by atomic mass is 9.97. The molecule has 0 bridgehead atoms. The van der Waals surface area contributed by atoms with Gasteiger partial charge < -0.3 is 4.57 Å². The van der Waals surface area contributed by atoms with Crippen molar-refractivity contribution in [1.29, 1.82) is 10.5 Å². The van der Waals surface area contributed by atoms with Crippen LogP contribution in [0.5, 0.6) is 0 Å². The van der Waals surface area contributed by atoms with Crippen LogP contribution in [0.2, 0.25) is 0 Å². The van der Waals surface area contributed by atoms with E-state index in [1.54, 1.807) is 13.0 Å². The summed E-state index contributed by atoms with van der Waals surface area (Å²) in [6.45, 7) is 1.68. The highest BCUT2D eigenvalue weighted by molar-refractivity contribution is 6.10. The quantitative estimate of drug-likeness (QED) is 0.233. The molecule has 0 aliphatic carbocycles. The number of nitriles is 2. The van der Waals surface area contributed by atoms with Crippen LogP contribution in [0.15, 0.2) is 91.3 Å². The Bertz CT molecular complexity index is 2020. The van der Waals surface area contributed by atoms with Gasteiger partial charge in [0.05, 0.1) is 33.4 Å². The Hall–Kier alpha value is -5.47. The summed E-state index contributed by atoms with van der Waals surface area (Å²) in [7, 11) is 0. The molecule has 192 valence electrons. The van der Waals surface area contributed by atoms with Crippen LogP contribution in [0.25, 0.3) is 50.0 Å². The third-order valence-corrected chi connectivity index (χ3v) is 6.93. The number of fused-ring (bicyclic) bond motifs is 3. The second-order valence-electron chi connectivity index (χ2n) is 9.36. The first-order valence-electron chi connectivity index (χ1n) is 12.3. The lowest BCUT2D eigenvalue weighted by molar-refractivity contribution is -0.137. The molecule has 0 spiro atoms. The molecular formula is C32H18F3N5. The number of halogens is 3. The van der Waals surface area contributed by atoms with E-state index >= 15 is 0 Å². The largest absolute Gasteiger partial charge is 0.416 e. The smallest absolute Gasteiger partial charge is 0.308 e. The number of hydrogen-bond donors (Lipinski definition) is 0. The number of para-hydroxylation sites is 1. The van der Waals surface area contributed by atoms with E-state index in [0.29, 0.717) is 33.8 Å². The van der Waals surface area contributed by atoms with Crippen molar-refractivity contribution in [1.82, 2.24) is 14.5 Å². The van der Waals surface area contributed by atoms with Crippen LogP contribution in [-0.4, -0.2) is 14.5 Å². The van der Waals surface area contributed by atoms with Gasteiger partial charge in [0, 0.05) is 28.7 Å². The van der Waals surface area contributed by atoms with Gasteiger partial charge in [-0.25, -0.2) is 9.97 Å². The summed E-state index contributed by atoms with van der Waals surface area (Å²) in [5.41, 5.74) is 5.19. The van der Waals surface area contributed by atoms with Crippen LogP contribution in [0.1, 0.15) is 22.3 Å². The van der Waals surface area contributed by atoms with E-state index in [1.807, 2.05) is 65.2 Å². The van der Waals surface area contributed by atoms with Gasteiger partial charge in [0.15, 0.2) is 5.82 Å². The van der Waals surface area contributed by atoms with Gasteiger partial charge in [-0.05, 0) is 72.1 Å². The standard InChI is InChI=1S/C32H18F3N5/c1-19-12-24(32(33,34)35)8-9-25(19)21-6-11-30-27(14-21)26-4-2-3-5-29(26)40(30)28-10-7-22(13-23(28)16-37)31-38-17-20(15-36)18-39-31/h2-14,17-18H,1H3. The van der Waals surface area contributed by atoms with E-state index in [0.717, 1.165) is 39.0 Å². The molecule has 0 N–H and O–H groups in total. The maximum absolute atomic E-state index is 13.2. The Morgan fingerprint density at radius 2 is 1.48 bits per heavy atom. The molecule has 5 nitrogen and oxygen atoms in total. The van der Waals surface area contributed by atoms with E-state index < -0.39 is 11.7 Å². The van der Waals surface area contributed by atoms with Gasteiger partial charge in [-0.2, -0.15) is 23.7 Å². The van der Waals surface area contributed by atoms with E-state index in [1.165, 1.54) is 24.5 Å². The monoisotopic (exact) mass is 529 g/mol. The molecule has 6 rings (SSSR count). The third kappa shape index (κ3) is 4.13. The summed E-state index contributed by atoms with van der Waals surface area (Å²) in [5.74, 6) is 0.404. The van der Waals surface area contributed by atoms with Crippen molar-refractivity contribution in [2.24, 2.45) is 0 Å². The lowest BCUT2D eigenvalue weighted by Gasteiger charge is -2.13. The minimum atomic E-state index is -4.40. The molecule has 2 aromatic heterocycles. The summed E-state index contributed by atoms with van der Waals surface area (Å²) in [6.07, 6.45) is -1.53. The molecule has 0 atom stereocenters. The number of nitrogens with zero attached hydrogens (tertiary/aromatic N) is 5. The fraction of sp³-hybridized carbons (Fsp3) is 0.0625. The maximum Gasteiger partial charge on any atom is 0.416 e. The SMILES string of the molecule is Cc1cc(C(F)(F)F)ccc1-c1ccc2c(c1)c1ccccc1n2-c1ccc(-c2ncc(C#N)cn2)cc1C#N. The van der Waals surface area contributed by atoms with Gasteiger partial charge in [0.25, 0.3) is 0 Å². The molecule has 0 amide bonds. The highest BCUT2D eigenvalue weighted by Crippen LogP contribution is 2.38. The Balaban J connectivity index is 1.52. The molecule has 8 heteroatoms.